The topological polar surface area (TPSA) is 20.2 Å². The third-order valence-corrected chi connectivity index (χ3v) is 3.89. The van der Waals surface area contributed by atoms with E-state index in [1.165, 1.54) is 5.39 Å². The van der Waals surface area contributed by atoms with Gasteiger partial charge < -0.3 is 5.11 Å². The molecular formula is C20H18O. The molecule has 0 aliphatic rings. The minimum absolute atomic E-state index is 0.104. The van der Waals surface area contributed by atoms with Crippen LogP contribution in [0.1, 0.15) is 23.1 Å². The van der Waals surface area contributed by atoms with Gasteiger partial charge in [-0.05, 0) is 28.0 Å². The summed E-state index contributed by atoms with van der Waals surface area (Å²) in [4.78, 5) is 0. The molecule has 1 N–H and O–H groups in total. The van der Waals surface area contributed by atoms with Gasteiger partial charge in [-0.15, -0.1) is 6.58 Å². The smallest absolute Gasteiger partial charge is 0.0893 e. The fourth-order valence-corrected chi connectivity index (χ4v) is 2.72. The van der Waals surface area contributed by atoms with E-state index in [-0.39, 0.29) is 5.92 Å². The molecule has 0 bridgehead atoms. The van der Waals surface area contributed by atoms with Crippen molar-refractivity contribution in [3.63, 3.8) is 0 Å². The van der Waals surface area contributed by atoms with E-state index in [2.05, 4.69) is 30.8 Å². The van der Waals surface area contributed by atoms with Crippen molar-refractivity contribution in [1.82, 2.24) is 0 Å². The Kier molecular flexibility index (Phi) is 3.85. The van der Waals surface area contributed by atoms with Crippen LogP contribution in [0.25, 0.3) is 10.8 Å². The molecule has 3 aromatic rings. The number of fused-ring (bicyclic) bond motifs is 1. The summed E-state index contributed by atoms with van der Waals surface area (Å²) in [6, 6.07) is 24.3. The zero-order chi connectivity index (χ0) is 14.7. The van der Waals surface area contributed by atoms with Crippen molar-refractivity contribution in [3.8, 4) is 0 Å². The Labute approximate surface area is 125 Å². The van der Waals surface area contributed by atoms with Crippen molar-refractivity contribution in [2.45, 2.75) is 12.0 Å². The Morgan fingerprint density at radius 3 is 2.14 bits per heavy atom. The number of aliphatic hydroxyl groups excluding tert-OH is 1. The van der Waals surface area contributed by atoms with Gasteiger partial charge in [-0.25, -0.2) is 0 Å². The second kappa shape index (κ2) is 5.94. The molecule has 0 saturated carbocycles. The first-order chi connectivity index (χ1) is 10.3. The first-order valence-corrected chi connectivity index (χ1v) is 7.14. The fourth-order valence-electron chi connectivity index (χ4n) is 2.72. The summed E-state index contributed by atoms with van der Waals surface area (Å²) >= 11 is 0. The first kappa shape index (κ1) is 13.6. The molecule has 2 atom stereocenters. The zero-order valence-electron chi connectivity index (χ0n) is 11.8. The third kappa shape index (κ3) is 2.74. The fraction of sp³-hybridized carbons (Fsp3) is 0.100. The highest BCUT2D eigenvalue weighted by Gasteiger charge is 2.19. The average Bonchev–Trinajstić information content (AvgIpc) is 2.56. The predicted molar refractivity (Wildman–Crippen MR) is 88.3 cm³/mol. The average molecular weight is 274 g/mol. The van der Waals surface area contributed by atoms with E-state index in [4.69, 9.17) is 0 Å². The summed E-state index contributed by atoms with van der Waals surface area (Å²) in [5.74, 6) is -0.104. The molecule has 0 unspecified atom stereocenters. The molecule has 0 aliphatic carbocycles. The quantitative estimate of drug-likeness (QED) is 0.675. The van der Waals surface area contributed by atoms with Gasteiger partial charge in [-0.1, -0.05) is 72.8 Å². The highest BCUT2D eigenvalue weighted by Crippen LogP contribution is 2.33. The lowest BCUT2D eigenvalue weighted by atomic mass is 9.88. The van der Waals surface area contributed by atoms with E-state index in [0.717, 1.165) is 16.5 Å². The van der Waals surface area contributed by atoms with E-state index in [1.54, 1.807) is 0 Å². The number of hydrogen-bond acceptors (Lipinski definition) is 1. The largest absolute Gasteiger partial charge is 0.387 e. The van der Waals surface area contributed by atoms with Crippen molar-refractivity contribution in [3.05, 3.63) is 96.6 Å². The van der Waals surface area contributed by atoms with Gasteiger partial charge in [0.05, 0.1) is 6.10 Å². The molecule has 3 rings (SSSR count). The molecule has 104 valence electrons. The van der Waals surface area contributed by atoms with Crippen molar-refractivity contribution in [2.24, 2.45) is 0 Å². The van der Waals surface area contributed by atoms with E-state index >= 15 is 0 Å². The van der Waals surface area contributed by atoms with Crippen molar-refractivity contribution >= 4 is 10.8 Å². The molecule has 0 aromatic heterocycles. The monoisotopic (exact) mass is 274 g/mol. The SMILES string of the molecule is C=C[C@@H](c1ccccc1)[C@@H](O)c1ccc2ccccc2c1. The van der Waals surface area contributed by atoms with E-state index < -0.39 is 6.10 Å². The summed E-state index contributed by atoms with van der Waals surface area (Å²) in [7, 11) is 0. The molecule has 0 amide bonds. The molecule has 0 spiro atoms. The maximum Gasteiger partial charge on any atom is 0.0893 e. The minimum Gasteiger partial charge on any atom is -0.387 e. The normalized spacial score (nSPS) is 13.8. The maximum absolute atomic E-state index is 10.7. The lowest BCUT2D eigenvalue weighted by Crippen LogP contribution is -2.08. The second-order valence-corrected chi connectivity index (χ2v) is 5.22. The predicted octanol–water partition coefficient (Wildman–Crippen LogP) is 4.84. The molecule has 1 nitrogen and oxygen atoms in total. The number of rotatable bonds is 4. The van der Waals surface area contributed by atoms with Gasteiger partial charge in [0.1, 0.15) is 0 Å². The van der Waals surface area contributed by atoms with E-state index in [9.17, 15) is 5.11 Å². The molecule has 0 aliphatic heterocycles. The van der Waals surface area contributed by atoms with Gasteiger partial charge in [-0.2, -0.15) is 0 Å². The first-order valence-electron chi connectivity index (χ1n) is 7.14. The standard InChI is InChI=1S/C20H18O/c1-2-19(16-9-4-3-5-10-16)20(21)18-13-12-15-8-6-7-11-17(15)14-18/h2-14,19-21H,1H2/t19-,20-/m0/s1. The summed E-state index contributed by atoms with van der Waals surface area (Å²) in [5, 5.41) is 13.0. The molecule has 0 fully saturated rings. The summed E-state index contributed by atoms with van der Waals surface area (Å²) < 4.78 is 0. The van der Waals surface area contributed by atoms with Gasteiger partial charge in [0.15, 0.2) is 0 Å². The Morgan fingerprint density at radius 1 is 0.762 bits per heavy atom. The van der Waals surface area contributed by atoms with Crippen LogP contribution in [0.4, 0.5) is 0 Å². The van der Waals surface area contributed by atoms with E-state index in [1.807, 2.05) is 54.6 Å². The molecule has 1 heteroatoms. The second-order valence-electron chi connectivity index (χ2n) is 5.22. The van der Waals surface area contributed by atoms with Crippen LogP contribution in [-0.4, -0.2) is 5.11 Å². The van der Waals surface area contributed by atoms with Crippen LogP contribution in [0.15, 0.2) is 85.5 Å². The Bertz CT molecular complexity index is 746. The molecule has 0 heterocycles. The van der Waals surface area contributed by atoms with Crippen LogP contribution in [0.2, 0.25) is 0 Å². The molecule has 21 heavy (non-hydrogen) atoms. The van der Waals surface area contributed by atoms with E-state index in [0.29, 0.717) is 0 Å². The molecular weight excluding hydrogens is 256 g/mol. The maximum atomic E-state index is 10.7. The Hall–Kier alpha value is -2.38. The van der Waals surface area contributed by atoms with Gasteiger partial charge in [-0.3, -0.25) is 0 Å². The Balaban J connectivity index is 1.98. The lowest BCUT2D eigenvalue weighted by molar-refractivity contribution is 0.162. The van der Waals surface area contributed by atoms with Gasteiger partial charge >= 0.3 is 0 Å². The molecule has 0 saturated heterocycles. The summed E-state index contributed by atoms with van der Waals surface area (Å²) in [5.41, 5.74) is 2.00. The third-order valence-electron chi connectivity index (χ3n) is 3.89. The highest BCUT2D eigenvalue weighted by molar-refractivity contribution is 5.83. The van der Waals surface area contributed by atoms with Gasteiger partial charge in [0, 0.05) is 5.92 Å². The molecule has 0 radical (unpaired) electrons. The number of aliphatic hydroxyl groups is 1. The molecule has 3 aromatic carbocycles. The highest BCUT2D eigenvalue weighted by atomic mass is 16.3. The van der Waals surface area contributed by atoms with Crippen LogP contribution in [-0.2, 0) is 0 Å². The number of hydrogen-bond donors (Lipinski definition) is 1. The van der Waals surface area contributed by atoms with Crippen molar-refractivity contribution in [2.75, 3.05) is 0 Å². The lowest BCUT2D eigenvalue weighted by Gasteiger charge is -2.21. The van der Waals surface area contributed by atoms with Crippen LogP contribution < -0.4 is 0 Å². The number of benzene rings is 3. The summed E-state index contributed by atoms with van der Waals surface area (Å²) in [6.07, 6.45) is 1.23. The van der Waals surface area contributed by atoms with Crippen LogP contribution in [0.3, 0.4) is 0 Å². The van der Waals surface area contributed by atoms with Crippen molar-refractivity contribution < 1.29 is 5.11 Å². The van der Waals surface area contributed by atoms with Crippen LogP contribution in [0, 0.1) is 0 Å². The van der Waals surface area contributed by atoms with Crippen molar-refractivity contribution in [1.29, 1.82) is 0 Å². The van der Waals surface area contributed by atoms with Gasteiger partial charge in [0.2, 0.25) is 0 Å². The zero-order valence-corrected chi connectivity index (χ0v) is 11.8. The minimum atomic E-state index is -0.588. The van der Waals surface area contributed by atoms with Crippen LogP contribution >= 0.6 is 0 Å². The Morgan fingerprint density at radius 2 is 1.43 bits per heavy atom. The van der Waals surface area contributed by atoms with Gasteiger partial charge in [0.25, 0.3) is 0 Å². The summed E-state index contributed by atoms with van der Waals surface area (Å²) in [6.45, 7) is 3.89. The van der Waals surface area contributed by atoms with Crippen LogP contribution in [0.5, 0.6) is 0 Å².